The van der Waals surface area contributed by atoms with Crippen LogP contribution in [0.3, 0.4) is 0 Å². The Morgan fingerprint density at radius 1 is 1.12 bits per heavy atom. The lowest BCUT2D eigenvalue weighted by molar-refractivity contribution is -0.134. The summed E-state index contributed by atoms with van der Waals surface area (Å²) < 4.78 is 62.3. The molecule has 3 atom stereocenters. The van der Waals surface area contributed by atoms with E-state index < -0.39 is 32.2 Å². The van der Waals surface area contributed by atoms with Gasteiger partial charge >= 0.3 is 0 Å². The smallest absolute Gasteiger partial charge is 0.271 e. The Morgan fingerprint density at radius 3 is 2.50 bits per heavy atom. The molecule has 13 heteroatoms. The molecular formula is C27H33N3O7S3. The number of benzene rings is 2. The van der Waals surface area contributed by atoms with Gasteiger partial charge in [-0.2, -0.15) is 4.31 Å². The van der Waals surface area contributed by atoms with Crippen LogP contribution >= 0.6 is 11.3 Å². The number of hydrogen-bond donors (Lipinski definition) is 2. The number of carbonyl (C=O) groups excluding carboxylic acids is 1. The monoisotopic (exact) mass is 607 g/mol. The minimum atomic E-state index is -3.81. The van der Waals surface area contributed by atoms with Crippen LogP contribution in [0, 0.1) is 5.92 Å². The third kappa shape index (κ3) is 6.66. The van der Waals surface area contributed by atoms with Crippen molar-refractivity contribution in [3.05, 3.63) is 71.6 Å². The molecule has 0 saturated carbocycles. The Hall–Kier alpha value is -2.97. The van der Waals surface area contributed by atoms with Crippen molar-refractivity contribution in [3.8, 4) is 5.75 Å². The predicted octanol–water partition coefficient (Wildman–Crippen LogP) is 3.02. The average molecular weight is 608 g/mol. The Bertz CT molecular complexity index is 1530. The summed E-state index contributed by atoms with van der Waals surface area (Å²) >= 11 is 1.09. The lowest BCUT2D eigenvalue weighted by atomic mass is 10.0. The van der Waals surface area contributed by atoms with E-state index in [0.717, 1.165) is 11.3 Å². The van der Waals surface area contributed by atoms with Gasteiger partial charge < -0.3 is 14.7 Å². The first-order valence-corrected chi connectivity index (χ1v) is 16.5. The molecule has 1 aliphatic heterocycles. The van der Waals surface area contributed by atoms with Gasteiger partial charge in [0, 0.05) is 30.8 Å². The molecule has 40 heavy (non-hydrogen) atoms. The molecule has 1 amide bonds. The summed E-state index contributed by atoms with van der Waals surface area (Å²) in [6.07, 6.45) is -0.749. The van der Waals surface area contributed by atoms with Gasteiger partial charge in [0.2, 0.25) is 15.9 Å². The molecule has 0 radical (unpaired) electrons. The second-order valence-corrected chi connectivity index (χ2v) is 14.7. The Morgan fingerprint density at radius 2 is 1.85 bits per heavy atom. The first kappa shape index (κ1) is 30.0. The molecule has 1 aromatic heterocycles. The number of anilines is 1. The first-order chi connectivity index (χ1) is 18.9. The van der Waals surface area contributed by atoms with E-state index in [4.69, 9.17) is 4.74 Å². The van der Waals surface area contributed by atoms with Crippen molar-refractivity contribution in [3.63, 3.8) is 0 Å². The number of aliphatic hydroxyl groups is 1. The van der Waals surface area contributed by atoms with E-state index >= 15 is 0 Å². The summed E-state index contributed by atoms with van der Waals surface area (Å²) in [4.78, 5) is 15.1. The van der Waals surface area contributed by atoms with Crippen LogP contribution in [-0.4, -0.2) is 75.9 Å². The molecule has 2 N–H and O–H groups in total. The number of thiophene rings is 1. The lowest BCUT2D eigenvalue weighted by Gasteiger charge is -2.33. The molecule has 0 aliphatic carbocycles. The molecule has 4 rings (SSSR count). The number of hydrogen-bond acceptors (Lipinski definition) is 8. The van der Waals surface area contributed by atoms with Crippen LogP contribution in [0.15, 0.2) is 75.1 Å². The van der Waals surface area contributed by atoms with Crippen molar-refractivity contribution in [1.29, 1.82) is 0 Å². The van der Waals surface area contributed by atoms with Crippen LogP contribution in [0.5, 0.6) is 5.75 Å². The number of likely N-dealkylation sites (N-methyl/N-ethyl adjacent to an activating group) is 1. The highest BCUT2D eigenvalue weighted by atomic mass is 32.2. The average Bonchev–Trinajstić information content (AvgIpc) is 3.49. The fraction of sp³-hybridized carbons (Fsp3) is 0.370. The van der Waals surface area contributed by atoms with Gasteiger partial charge in [0.05, 0.1) is 30.5 Å². The van der Waals surface area contributed by atoms with Crippen LogP contribution in [0.1, 0.15) is 19.4 Å². The number of aliphatic hydroxyl groups excluding tert-OH is 1. The fourth-order valence-electron chi connectivity index (χ4n) is 4.46. The Labute approximate surface area is 239 Å². The van der Waals surface area contributed by atoms with Crippen LogP contribution in [0.2, 0.25) is 0 Å². The number of carbonyl (C=O) groups is 1. The van der Waals surface area contributed by atoms with Gasteiger partial charge in [0.1, 0.15) is 16.1 Å². The molecule has 2 aromatic carbocycles. The fourth-order valence-corrected chi connectivity index (χ4v) is 7.70. The predicted molar refractivity (Wildman–Crippen MR) is 153 cm³/mol. The highest BCUT2D eigenvalue weighted by Crippen LogP contribution is 2.31. The van der Waals surface area contributed by atoms with E-state index in [-0.39, 0.29) is 52.7 Å². The van der Waals surface area contributed by atoms with Crippen molar-refractivity contribution < 1.29 is 31.5 Å². The van der Waals surface area contributed by atoms with Crippen molar-refractivity contribution in [2.45, 2.75) is 41.5 Å². The summed E-state index contributed by atoms with van der Waals surface area (Å²) in [7, 11) is -6.14. The maximum absolute atomic E-state index is 13.4. The van der Waals surface area contributed by atoms with Gasteiger partial charge in [-0.1, -0.05) is 31.2 Å². The molecule has 1 aliphatic rings. The molecule has 0 fully saturated rings. The third-order valence-corrected chi connectivity index (χ3v) is 11.4. The van der Waals surface area contributed by atoms with E-state index in [9.17, 15) is 26.7 Å². The summed E-state index contributed by atoms with van der Waals surface area (Å²) in [5.41, 5.74) is 0.706. The number of fused-ring (bicyclic) bond motifs is 1. The highest BCUT2D eigenvalue weighted by molar-refractivity contribution is 7.94. The number of amides is 1. The normalized spacial score (nSPS) is 19.2. The number of nitrogens with zero attached hydrogens (tertiary/aromatic N) is 2. The molecule has 2 heterocycles. The topological polar surface area (TPSA) is 133 Å². The summed E-state index contributed by atoms with van der Waals surface area (Å²) in [5, 5.41) is 11.5. The molecule has 0 bridgehead atoms. The standard InChI is InChI=1S/C27H33N3O7S3/c1-19-16-30(20(2)18-31)26(32)15-21-14-22(28-39(33,34)27-10-7-13-38-27)11-12-24(21)37-25(19)17-29(3)40(35,36)23-8-5-4-6-9-23/h4-14,19-20,25,28,31H,15-18H2,1-3H3/t19-,20-,25+/m0/s1. The maximum Gasteiger partial charge on any atom is 0.271 e. The SMILES string of the molecule is C[C@H]1CN([C@@H](C)CO)C(=O)Cc2cc(NS(=O)(=O)c3cccs3)ccc2O[C@@H]1CN(C)S(=O)(=O)c1ccccc1. The maximum atomic E-state index is 13.4. The van der Waals surface area contributed by atoms with E-state index in [2.05, 4.69) is 4.72 Å². The van der Waals surface area contributed by atoms with E-state index in [1.54, 1.807) is 59.7 Å². The van der Waals surface area contributed by atoms with Gasteiger partial charge in [-0.25, -0.2) is 16.8 Å². The van der Waals surface area contributed by atoms with Crippen LogP contribution in [-0.2, 0) is 31.3 Å². The quantitative estimate of drug-likeness (QED) is 0.382. The number of rotatable bonds is 9. The van der Waals surface area contributed by atoms with Gasteiger partial charge in [-0.15, -0.1) is 11.3 Å². The molecule has 10 nitrogen and oxygen atoms in total. The summed E-state index contributed by atoms with van der Waals surface area (Å²) in [6.45, 7) is 3.58. The molecule has 0 saturated heterocycles. The molecule has 0 unspecified atom stereocenters. The second kappa shape index (κ2) is 12.3. The summed E-state index contributed by atoms with van der Waals surface area (Å²) in [6, 6.07) is 15.4. The summed E-state index contributed by atoms with van der Waals surface area (Å²) in [5.74, 6) is -0.218. The van der Waals surface area contributed by atoms with Gasteiger partial charge in [-0.05, 0) is 48.7 Å². The Balaban J connectivity index is 1.68. The van der Waals surface area contributed by atoms with Gasteiger partial charge in [0.15, 0.2) is 0 Å². The number of nitrogens with one attached hydrogen (secondary N) is 1. The molecular weight excluding hydrogens is 575 g/mol. The number of ether oxygens (including phenoxy) is 1. The highest BCUT2D eigenvalue weighted by Gasteiger charge is 2.33. The van der Waals surface area contributed by atoms with Crippen LogP contribution < -0.4 is 9.46 Å². The van der Waals surface area contributed by atoms with Crippen LogP contribution in [0.25, 0.3) is 0 Å². The van der Waals surface area contributed by atoms with E-state index in [0.29, 0.717) is 11.3 Å². The first-order valence-electron chi connectivity index (χ1n) is 12.7. The molecule has 3 aromatic rings. The minimum Gasteiger partial charge on any atom is -0.488 e. The molecule has 216 valence electrons. The van der Waals surface area contributed by atoms with Crippen molar-refractivity contribution in [1.82, 2.24) is 9.21 Å². The number of sulfonamides is 2. The van der Waals surface area contributed by atoms with Crippen LogP contribution in [0.4, 0.5) is 5.69 Å². The Kier molecular flexibility index (Phi) is 9.20. The van der Waals surface area contributed by atoms with Crippen molar-refractivity contribution in [2.24, 2.45) is 5.92 Å². The zero-order valence-corrected chi connectivity index (χ0v) is 24.9. The van der Waals surface area contributed by atoms with Crippen molar-refractivity contribution >= 4 is 43.0 Å². The van der Waals surface area contributed by atoms with E-state index in [1.807, 2.05) is 6.92 Å². The molecule has 0 spiro atoms. The zero-order valence-electron chi connectivity index (χ0n) is 22.4. The van der Waals surface area contributed by atoms with E-state index in [1.165, 1.54) is 29.6 Å². The van der Waals surface area contributed by atoms with Gasteiger partial charge in [-0.3, -0.25) is 9.52 Å². The second-order valence-electron chi connectivity index (χ2n) is 9.85. The zero-order chi connectivity index (χ0) is 29.1. The minimum absolute atomic E-state index is 0.000128. The van der Waals surface area contributed by atoms with Crippen molar-refractivity contribution in [2.75, 3.05) is 31.5 Å². The lowest BCUT2D eigenvalue weighted by Crippen LogP contribution is -2.48. The van der Waals surface area contributed by atoms with Gasteiger partial charge in [0.25, 0.3) is 10.0 Å². The largest absolute Gasteiger partial charge is 0.488 e. The third-order valence-electron chi connectivity index (χ3n) is 6.82.